The first-order valence-corrected chi connectivity index (χ1v) is 7.34. The maximum Gasteiger partial charge on any atom is 0.291 e. The molecule has 3 rings (SSSR count). The van der Waals surface area contributed by atoms with E-state index in [0.29, 0.717) is 22.6 Å². The first kappa shape index (κ1) is 14.6. The summed E-state index contributed by atoms with van der Waals surface area (Å²) in [5.74, 6) is 1.16. The molecule has 1 heterocycles. The molecule has 1 aliphatic rings. The van der Waals surface area contributed by atoms with Crippen LogP contribution in [-0.4, -0.2) is 12.0 Å². The molecule has 0 spiro atoms. The number of nitrogens with zero attached hydrogens (tertiary/aromatic N) is 1. The summed E-state index contributed by atoms with van der Waals surface area (Å²) in [6, 6.07) is 12.6. The van der Waals surface area contributed by atoms with E-state index >= 15 is 0 Å². The van der Waals surface area contributed by atoms with Crippen molar-refractivity contribution in [3.63, 3.8) is 0 Å². The fourth-order valence-corrected chi connectivity index (χ4v) is 2.79. The smallest absolute Gasteiger partial charge is 0.291 e. The number of benzene rings is 2. The third kappa shape index (κ3) is 2.57. The third-order valence-electron chi connectivity index (χ3n) is 3.42. The highest BCUT2D eigenvalue weighted by Gasteiger charge is 2.35. The molecule has 0 N–H and O–H groups in total. The summed E-state index contributed by atoms with van der Waals surface area (Å²) in [6.45, 7) is 0. The van der Waals surface area contributed by atoms with Crippen molar-refractivity contribution < 1.29 is 14.4 Å². The largest absolute Gasteiger partial charge is 0.496 e. The molecule has 2 aromatic carbocycles. The van der Waals surface area contributed by atoms with Crippen molar-refractivity contribution in [2.75, 3.05) is 7.11 Å². The number of para-hydroxylation sites is 1. The van der Waals surface area contributed by atoms with Crippen LogP contribution in [0.4, 0.5) is 0 Å². The normalized spacial score (nSPS) is 16.3. The van der Waals surface area contributed by atoms with Gasteiger partial charge in [-0.1, -0.05) is 34.1 Å². The van der Waals surface area contributed by atoms with Gasteiger partial charge < -0.3 is 9.47 Å². The molecule has 112 valence electrons. The van der Waals surface area contributed by atoms with Crippen LogP contribution in [0.5, 0.6) is 11.5 Å². The molecule has 0 aliphatic carbocycles. The van der Waals surface area contributed by atoms with E-state index in [1.807, 2.05) is 12.1 Å². The van der Waals surface area contributed by atoms with E-state index in [4.69, 9.17) is 9.47 Å². The highest BCUT2D eigenvalue weighted by Crippen LogP contribution is 2.41. The van der Waals surface area contributed by atoms with Crippen molar-refractivity contribution in [1.29, 1.82) is 0 Å². The van der Waals surface area contributed by atoms with Gasteiger partial charge in [0.25, 0.3) is 5.70 Å². The summed E-state index contributed by atoms with van der Waals surface area (Å²) in [5.41, 5.74) is 1.28. The fraction of sp³-hybridized carbons (Fsp3) is 0.125. The summed E-state index contributed by atoms with van der Waals surface area (Å²) in [6.07, 6.45) is 0.737. The molecule has 0 saturated heterocycles. The SMILES string of the molecule is COc1ccccc1C1Oc2ccc(Br)cc2C=C1[N+](=O)[O-]. The average molecular weight is 362 g/mol. The van der Waals surface area contributed by atoms with Gasteiger partial charge in [0.2, 0.25) is 6.10 Å². The maximum atomic E-state index is 11.4. The molecule has 5 nitrogen and oxygen atoms in total. The van der Waals surface area contributed by atoms with Crippen LogP contribution in [0.1, 0.15) is 17.2 Å². The predicted molar refractivity (Wildman–Crippen MR) is 85.5 cm³/mol. The van der Waals surface area contributed by atoms with Crippen molar-refractivity contribution in [2.45, 2.75) is 6.10 Å². The van der Waals surface area contributed by atoms with Crippen LogP contribution >= 0.6 is 15.9 Å². The second kappa shape index (κ2) is 5.81. The molecule has 2 aromatic rings. The van der Waals surface area contributed by atoms with Crippen LogP contribution in [-0.2, 0) is 0 Å². The summed E-state index contributed by atoms with van der Waals surface area (Å²) in [7, 11) is 1.53. The highest BCUT2D eigenvalue weighted by molar-refractivity contribution is 9.10. The van der Waals surface area contributed by atoms with E-state index in [0.717, 1.165) is 4.47 Å². The molecule has 1 aliphatic heterocycles. The number of nitro groups is 1. The number of hydrogen-bond donors (Lipinski definition) is 0. The van der Waals surface area contributed by atoms with E-state index < -0.39 is 11.0 Å². The van der Waals surface area contributed by atoms with Crippen LogP contribution in [0.3, 0.4) is 0 Å². The maximum absolute atomic E-state index is 11.4. The summed E-state index contributed by atoms with van der Waals surface area (Å²) in [5, 5.41) is 11.4. The number of fused-ring (bicyclic) bond motifs is 1. The van der Waals surface area contributed by atoms with Gasteiger partial charge in [-0.3, -0.25) is 10.1 Å². The van der Waals surface area contributed by atoms with Crippen molar-refractivity contribution >= 4 is 22.0 Å². The molecule has 1 atom stereocenters. The standard InChI is InChI=1S/C16H12BrNO4/c1-21-15-5-3-2-4-12(15)16-13(18(19)20)9-10-8-11(17)6-7-14(10)22-16/h2-9,16H,1H3. The summed E-state index contributed by atoms with van der Waals surface area (Å²) >= 11 is 3.36. The highest BCUT2D eigenvalue weighted by atomic mass is 79.9. The van der Waals surface area contributed by atoms with Gasteiger partial charge in [0.1, 0.15) is 11.5 Å². The van der Waals surface area contributed by atoms with E-state index in [9.17, 15) is 10.1 Å². The number of halogens is 1. The van der Waals surface area contributed by atoms with Gasteiger partial charge >= 0.3 is 0 Å². The second-order valence-corrected chi connectivity index (χ2v) is 5.66. The Labute approximate surface area is 135 Å². The fourth-order valence-electron chi connectivity index (χ4n) is 2.42. The van der Waals surface area contributed by atoms with E-state index in [2.05, 4.69) is 15.9 Å². The minimum absolute atomic E-state index is 0.0184. The third-order valence-corrected chi connectivity index (χ3v) is 3.91. The molecule has 0 fully saturated rings. The first-order chi connectivity index (χ1) is 10.6. The second-order valence-electron chi connectivity index (χ2n) is 4.75. The van der Waals surface area contributed by atoms with Crippen molar-refractivity contribution in [3.8, 4) is 11.5 Å². The molecule has 0 amide bonds. The van der Waals surface area contributed by atoms with Gasteiger partial charge in [0.15, 0.2) is 0 Å². The molecule has 1 unspecified atom stereocenters. The zero-order valence-electron chi connectivity index (χ0n) is 11.7. The van der Waals surface area contributed by atoms with Crippen LogP contribution in [0.15, 0.2) is 52.6 Å². The monoisotopic (exact) mass is 361 g/mol. The number of methoxy groups -OCH3 is 1. The first-order valence-electron chi connectivity index (χ1n) is 6.55. The lowest BCUT2D eigenvalue weighted by atomic mass is 10.0. The van der Waals surface area contributed by atoms with Gasteiger partial charge in [0.05, 0.1) is 12.0 Å². The van der Waals surface area contributed by atoms with E-state index in [1.54, 1.807) is 36.4 Å². The molecule has 0 radical (unpaired) electrons. The molecular weight excluding hydrogens is 350 g/mol. The van der Waals surface area contributed by atoms with Crippen molar-refractivity contribution in [1.82, 2.24) is 0 Å². The van der Waals surface area contributed by atoms with Gasteiger partial charge in [-0.15, -0.1) is 0 Å². The Morgan fingerprint density at radius 3 is 2.77 bits per heavy atom. The van der Waals surface area contributed by atoms with Crippen LogP contribution in [0, 0.1) is 10.1 Å². The Morgan fingerprint density at radius 1 is 1.27 bits per heavy atom. The van der Waals surface area contributed by atoms with Crippen LogP contribution < -0.4 is 9.47 Å². The number of ether oxygens (including phenoxy) is 2. The average Bonchev–Trinajstić information content (AvgIpc) is 2.53. The summed E-state index contributed by atoms with van der Waals surface area (Å²) in [4.78, 5) is 11.0. The molecule has 22 heavy (non-hydrogen) atoms. The Morgan fingerprint density at radius 2 is 2.05 bits per heavy atom. The quantitative estimate of drug-likeness (QED) is 0.606. The Kier molecular flexibility index (Phi) is 3.85. The number of hydrogen-bond acceptors (Lipinski definition) is 4. The van der Waals surface area contributed by atoms with Gasteiger partial charge in [-0.05, 0) is 24.3 Å². The van der Waals surface area contributed by atoms with Crippen molar-refractivity contribution in [2.24, 2.45) is 0 Å². The van der Waals surface area contributed by atoms with E-state index in [-0.39, 0.29) is 5.70 Å². The Balaban J connectivity index is 2.13. The lowest BCUT2D eigenvalue weighted by Gasteiger charge is -2.24. The lowest BCUT2D eigenvalue weighted by molar-refractivity contribution is -0.434. The zero-order chi connectivity index (χ0) is 15.7. The molecule has 0 aromatic heterocycles. The van der Waals surface area contributed by atoms with Crippen LogP contribution in [0.25, 0.3) is 6.08 Å². The Bertz CT molecular complexity index is 772. The minimum Gasteiger partial charge on any atom is -0.496 e. The van der Waals surface area contributed by atoms with Crippen LogP contribution in [0.2, 0.25) is 0 Å². The minimum atomic E-state index is -0.806. The van der Waals surface area contributed by atoms with E-state index in [1.165, 1.54) is 7.11 Å². The van der Waals surface area contributed by atoms with Gasteiger partial charge in [0, 0.05) is 21.7 Å². The van der Waals surface area contributed by atoms with Crippen molar-refractivity contribution in [3.05, 3.63) is 73.9 Å². The van der Waals surface area contributed by atoms with Gasteiger partial charge in [-0.2, -0.15) is 0 Å². The molecule has 0 bridgehead atoms. The topological polar surface area (TPSA) is 61.6 Å². The summed E-state index contributed by atoms with van der Waals surface area (Å²) < 4.78 is 12.0. The van der Waals surface area contributed by atoms with Gasteiger partial charge in [-0.25, -0.2) is 0 Å². The molecule has 6 heteroatoms. The Hall–Kier alpha value is -2.34. The zero-order valence-corrected chi connectivity index (χ0v) is 13.2. The number of rotatable bonds is 3. The molecule has 0 saturated carbocycles. The predicted octanol–water partition coefficient (Wildman–Crippen LogP) is 4.21. The lowest BCUT2D eigenvalue weighted by Crippen LogP contribution is -2.20. The molecular formula is C16H12BrNO4.